The molecule has 1 aliphatic carbocycles. The summed E-state index contributed by atoms with van der Waals surface area (Å²) < 4.78 is 5.14. The maximum Gasteiger partial charge on any atom is 0.534 e. The summed E-state index contributed by atoms with van der Waals surface area (Å²) >= 11 is 0. The maximum atomic E-state index is 12.6. The number of hydrogen-bond acceptors (Lipinski definition) is 9. The molecule has 0 aromatic heterocycles. The van der Waals surface area contributed by atoms with E-state index in [9.17, 15) is 28.8 Å². The summed E-state index contributed by atoms with van der Waals surface area (Å²) in [4.78, 5) is 80.4. The first-order valence-corrected chi connectivity index (χ1v) is 9.69. The first kappa shape index (κ1) is 21.5. The third kappa shape index (κ3) is 4.66. The predicted molar refractivity (Wildman–Crippen MR) is 95.3 cm³/mol. The number of ether oxygens (including phenoxy) is 1. The Bertz CT molecular complexity index is 789. The quantitative estimate of drug-likeness (QED) is 0.373. The molecule has 0 aromatic carbocycles. The van der Waals surface area contributed by atoms with E-state index in [0.717, 1.165) is 0 Å². The number of hydroxylamine groups is 4. The largest absolute Gasteiger partial charge is 0.534 e. The van der Waals surface area contributed by atoms with E-state index in [4.69, 9.17) is 9.57 Å². The van der Waals surface area contributed by atoms with Crippen LogP contribution < -0.4 is 0 Å². The second kappa shape index (κ2) is 8.64. The van der Waals surface area contributed by atoms with Crippen molar-refractivity contribution in [3.05, 3.63) is 12.2 Å². The van der Waals surface area contributed by atoms with Gasteiger partial charge in [-0.2, -0.15) is 0 Å². The van der Waals surface area contributed by atoms with Gasteiger partial charge in [0, 0.05) is 25.7 Å². The monoisotopic (exact) mass is 422 g/mol. The molecular weight excluding hydrogens is 400 g/mol. The molecule has 3 rings (SSSR count). The zero-order chi connectivity index (χ0) is 21.9. The average molecular weight is 422 g/mol. The fraction of sp³-hybridized carbons (Fsp3) is 0.579. The van der Waals surface area contributed by atoms with E-state index in [0.29, 0.717) is 29.4 Å². The molecule has 3 aliphatic rings. The number of nitrogens with zero attached hydrogens (tertiary/aromatic N) is 2. The lowest BCUT2D eigenvalue weighted by Crippen LogP contribution is -2.39. The third-order valence-electron chi connectivity index (χ3n) is 5.23. The first-order valence-electron chi connectivity index (χ1n) is 9.69. The SMILES string of the molecule is C[C@]1(C(=O)ON2C(=O)CCC2=O)C/C=C\[C@@H](OC(=O)ON2C(=O)CCC2=O)CCC1. The van der Waals surface area contributed by atoms with Gasteiger partial charge in [-0.3, -0.25) is 24.0 Å². The summed E-state index contributed by atoms with van der Waals surface area (Å²) in [5.74, 6) is -2.97. The van der Waals surface area contributed by atoms with Crippen LogP contribution in [0.3, 0.4) is 0 Å². The third-order valence-corrected chi connectivity index (χ3v) is 5.23. The Balaban J connectivity index is 1.54. The minimum Gasteiger partial charge on any atom is -0.425 e. The minimum atomic E-state index is -1.16. The van der Waals surface area contributed by atoms with Gasteiger partial charge in [0.05, 0.1) is 5.41 Å². The molecule has 0 saturated carbocycles. The van der Waals surface area contributed by atoms with Gasteiger partial charge in [0.1, 0.15) is 6.10 Å². The molecule has 2 aliphatic heterocycles. The van der Waals surface area contributed by atoms with Crippen LogP contribution in [-0.2, 0) is 38.4 Å². The van der Waals surface area contributed by atoms with Crippen LogP contribution in [0, 0.1) is 5.41 Å². The number of carbonyl (C=O) groups excluding carboxylic acids is 6. The molecule has 2 saturated heterocycles. The van der Waals surface area contributed by atoms with Crippen LogP contribution in [-0.4, -0.2) is 52.0 Å². The average Bonchev–Trinajstić information content (AvgIpc) is 3.16. The van der Waals surface area contributed by atoms with E-state index in [1.54, 1.807) is 19.1 Å². The molecule has 30 heavy (non-hydrogen) atoms. The molecule has 162 valence electrons. The molecule has 0 bridgehead atoms. The summed E-state index contributed by atoms with van der Waals surface area (Å²) in [6.45, 7) is 1.67. The van der Waals surface area contributed by atoms with E-state index in [1.165, 1.54) is 0 Å². The molecule has 11 heteroatoms. The van der Waals surface area contributed by atoms with Crippen LogP contribution in [0.2, 0.25) is 0 Å². The van der Waals surface area contributed by atoms with Gasteiger partial charge < -0.3 is 9.57 Å². The molecule has 2 fully saturated rings. The van der Waals surface area contributed by atoms with Crippen molar-refractivity contribution in [2.75, 3.05) is 0 Å². The Morgan fingerprint density at radius 2 is 1.47 bits per heavy atom. The Labute approximate surface area is 171 Å². The molecule has 0 radical (unpaired) electrons. The molecular formula is C19H22N2O9. The van der Waals surface area contributed by atoms with Crippen LogP contribution >= 0.6 is 0 Å². The highest BCUT2D eigenvalue weighted by atomic mass is 16.8. The van der Waals surface area contributed by atoms with Gasteiger partial charge >= 0.3 is 12.1 Å². The number of allylic oxidation sites excluding steroid dienone is 1. The van der Waals surface area contributed by atoms with Gasteiger partial charge in [-0.25, -0.2) is 9.59 Å². The van der Waals surface area contributed by atoms with E-state index >= 15 is 0 Å². The standard InChI is InChI=1S/C19H22N2O9/c1-19(17(26)29-20-13(22)6-7-14(20)23)10-2-4-12(5-3-11-19)28-18(27)30-21-15(24)8-9-16(21)25/h2,4,12H,3,5-11H2,1H3/b4-2-/t12-,19+/m1/s1. The molecule has 0 unspecified atom stereocenters. The zero-order valence-corrected chi connectivity index (χ0v) is 16.5. The molecule has 0 spiro atoms. The van der Waals surface area contributed by atoms with Crippen molar-refractivity contribution in [2.24, 2.45) is 5.41 Å². The van der Waals surface area contributed by atoms with Crippen molar-refractivity contribution >= 4 is 35.8 Å². The number of imide groups is 2. The van der Waals surface area contributed by atoms with E-state index in [-0.39, 0.29) is 32.1 Å². The zero-order valence-electron chi connectivity index (χ0n) is 16.5. The van der Waals surface area contributed by atoms with Crippen LogP contribution in [0.4, 0.5) is 4.79 Å². The number of amides is 4. The predicted octanol–water partition coefficient (Wildman–Crippen LogP) is 1.32. The number of hydrogen-bond donors (Lipinski definition) is 0. The highest BCUT2D eigenvalue weighted by Gasteiger charge is 2.40. The first-order chi connectivity index (χ1) is 14.2. The second-order valence-corrected chi connectivity index (χ2v) is 7.63. The Hall–Kier alpha value is -3.24. The van der Waals surface area contributed by atoms with Crippen molar-refractivity contribution in [3.63, 3.8) is 0 Å². The Morgan fingerprint density at radius 1 is 0.933 bits per heavy atom. The normalized spacial score (nSPS) is 28.2. The molecule has 11 nitrogen and oxygen atoms in total. The highest BCUT2D eigenvalue weighted by Crippen LogP contribution is 2.34. The maximum absolute atomic E-state index is 12.6. The number of carbonyl (C=O) groups is 6. The van der Waals surface area contributed by atoms with E-state index in [2.05, 4.69) is 4.84 Å². The lowest BCUT2D eigenvalue weighted by Gasteiger charge is -2.29. The van der Waals surface area contributed by atoms with E-state index in [1.807, 2.05) is 0 Å². The van der Waals surface area contributed by atoms with Crippen LogP contribution in [0.25, 0.3) is 0 Å². The second-order valence-electron chi connectivity index (χ2n) is 7.63. The van der Waals surface area contributed by atoms with Gasteiger partial charge in [0.2, 0.25) is 0 Å². The fourth-order valence-corrected chi connectivity index (χ4v) is 3.38. The highest BCUT2D eigenvalue weighted by molar-refractivity contribution is 6.02. The van der Waals surface area contributed by atoms with Gasteiger partial charge in [-0.15, -0.1) is 5.06 Å². The van der Waals surface area contributed by atoms with Crippen molar-refractivity contribution in [3.8, 4) is 0 Å². The molecule has 4 amide bonds. The molecule has 2 atom stereocenters. The molecule has 2 heterocycles. The van der Waals surface area contributed by atoms with Crippen molar-refractivity contribution in [1.82, 2.24) is 10.1 Å². The lowest BCUT2D eigenvalue weighted by molar-refractivity contribution is -0.205. The van der Waals surface area contributed by atoms with Gasteiger partial charge in [-0.1, -0.05) is 11.1 Å². The summed E-state index contributed by atoms with van der Waals surface area (Å²) in [6, 6.07) is 0. The lowest BCUT2D eigenvalue weighted by atomic mass is 9.80. The smallest absolute Gasteiger partial charge is 0.425 e. The Kier molecular flexibility index (Phi) is 6.18. The fourth-order valence-electron chi connectivity index (χ4n) is 3.38. The summed E-state index contributed by atoms with van der Waals surface area (Å²) in [7, 11) is 0. The molecule has 0 aromatic rings. The minimum absolute atomic E-state index is 0.0151. The van der Waals surface area contributed by atoms with Crippen molar-refractivity contribution in [1.29, 1.82) is 0 Å². The Morgan fingerprint density at radius 3 is 2.03 bits per heavy atom. The van der Waals surface area contributed by atoms with Crippen LogP contribution in [0.1, 0.15) is 58.3 Å². The van der Waals surface area contributed by atoms with Gasteiger partial charge in [0.25, 0.3) is 23.6 Å². The van der Waals surface area contributed by atoms with Crippen molar-refractivity contribution < 1.29 is 43.2 Å². The summed E-state index contributed by atoms with van der Waals surface area (Å²) in [5.41, 5.74) is -0.959. The van der Waals surface area contributed by atoms with E-state index < -0.39 is 47.3 Å². The van der Waals surface area contributed by atoms with Gasteiger partial charge in [0.15, 0.2) is 0 Å². The number of rotatable bonds is 4. The van der Waals surface area contributed by atoms with Crippen molar-refractivity contribution in [2.45, 2.75) is 64.4 Å². The summed E-state index contributed by atoms with van der Waals surface area (Å²) in [6.07, 6.45) is 2.83. The topological polar surface area (TPSA) is 137 Å². The summed E-state index contributed by atoms with van der Waals surface area (Å²) in [5, 5.41) is 0.932. The van der Waals surface area contributed by atoms with Crippen LogP contribution in [0.15, 0.2) is 12.2 Å². The van der Waals surface area contributed by atoms with Gasteiger partial charge in [-0.05, 0) is 38.7 Å². The molecule has 0 N–H and O–H groups in total. The van der Waals surface area contributed by atoms with Crippen LogP contribution in [0.5, 0.6) is 0 Å².